The number of hydrogen-bond acceptors (Lipinski definition) is 3. The number of fused-ring (bicyclic) bond motifs is 2. The van der Waals surface area contributed by atoms with E-state index >= 15 is 0 Å². The first-order valence-corrected chi connectivity index (χ1v) is 4.31. The summed E-state index contributed by atoms with van der Waals surface area (Å²) >= 11 is 0. The van der Waals surface area contributed by atoms with Crippen molar-refractivity contribution in [1.29, 1.82) is 0 Å². The predicted octanol–water partition coefficient (Wildman–Crippen LogP) is 0.0738. The normalized spacial score (nSPS) is 51.7. The maximum Gasteiger partial charge on any atom is 0.119 e. The topological polar surface area (TPSA) is 27.7 Å². The molecule has 3 nitrogen and oxygen atoms in total. The van der Waals surface area contributed by atoms with Gasteiger partial charge < -0.3 is 14.2 Å². The smallest absolute Gasteiger partial charge is 0.119 e. The first-order valence-electron chi connectivity index (χ1n) is 4.31. The Labute approximate surface area is 73.8 Å². The third-order valence-electron chi connectivity index (χ3n) is 2.88. The van der Waals surface area contributed by atoms with Gasteiger partial charge in [0.05, 0.1) is 6.61 Å². The SMILES string of the molecule is [B]C1O[C@@]2(CC)COC1C2OC. The molecule has 3 unspecified atom stereocenters. The molecule has 12 heavy (non-hydrogen) atoms. The average Bonchev–Trinajstić information content (AvgIpc) is 2.56. The van der Waals surface area contributed by atoms with E-state index in [0.717, 1.165) is 6.42 Å². The summed E-state index contributed by atoms with van der Waals surface area (Å²) in [7, 11) is 7.40. The lowest BCUT2D eigenvalue weighted by molar-refractivity contribution is -0.120. The van der Waals surface area contributed by atoms with Gasteiger partial charge in [-0.1, -0.05) is 6.92 Å². The summed E-state index contributed by atoms with van der Waals surface area (Å²) in [5.74, 6) is 0. The highest BCUT2D eigenvalue weighted by Crippen LogP contribution is 2.42. The average molecular weight is 168 g/mol. The van der Waals surface area contributed by atoms with E-state index in [4.69, 9.17) is 22.1 Å². The van der Waals surface area contributed by atoms with E-state index in [1.807, 2.05) is 0 Å². The standard InChI is InChI=1S/C8H13BO3/c1-3-8-4-11-5(6(8)10-2)7(9)12-8/h5-7H,3-4H2,1-2H3/t5?,6?,7?,8-/m0/s1. The molecule has 0 spiro atoms. The molecule has 0 aromatic heterocycles. The van der Waals surface area contributed by atoms with E-state index in [0.29, 0.717) is 6.61 Å². The van der Waals surface area contributed by atoms with Crippen LogP contribution < -0.4 is 0 Å². The van der Waals surface area contributed by atoms with E-state index in [9.17, 15) is 0 Å². The number of rotatable bonds is 2. The van der Waals surface area contributed by atoms with Gasteiger partial charge in [0, 0.05) is 13.1 Å². The summed E-state index contributed by atoms with van der Waals surface area (Å²) in [6, 6.07) is -0.316. The second kappa shape index (κ2) is 2.72. The van der Waals surface area contributed by atoms with Crippen molar-refractivity contribution in [2.45, 2.75) is 37.2 Å². The lowest BCUT2D eigenvalue weighted by Crippen LogP contribution is -2.40. The van der Waals surface area contributed by atoms with Crippen LogP contribution in [0.1, 0.15) is 13.3 Å². The minimum atomic E-state index is -0.316. The summed E-state index contributed by atoms with van der Waals surface area (Å²) in [6.07, 6.45) is 0.822. The zero-order valence-electron chi connectivity index (χ0n) is 7.45. The lowest BCUT2D eigenvalue weighted by atomic mass is 9.91. The van der Waals surface area contributed by atoms with Crippen molar-refractivity contribution in [2.24, 2.45) is 0 Å². The molecule has 2 radical (unpaired) electrons. The third kappa shape index (κ3) is 0.887. The van der Waals surface area contributed by atoms with Gasteiger partial charge in [-0.05, 0) is 6.42 Å². The van der Waals surface area contributed by atoms with Crippen LogP contribution in [0.5, 0.6) is 0 Å². The van der Waals surface area contributed by atoms with Crippen LogP contribution in [-0.4, -0.2) is 45.4 Å². The maximum absolute atomic E-state index is 5.72. The quantitative estimate of drug-likeness (QED) is 0.546. The summed E-state index contributed by atoms with van der Waals surface area (Å²) in [5, 5.41) is 0. The Kier molecular flexibility index (Phi) is 1.94. The number of methoxy groups -OCH3 is 1. The van der Waals surface area contributed by atoms with Gasteiger partial charge in [-0.2, -0.15) is 0 Å². The highest BCUT2D eigenvalue weighted by atomic mass is 16.7. The summed E-state index contributed by atoms with van der Waals surface area (Å²) in [5.41, 5.74) is -0.279. The molecule has 0 aliphatic carbocycles. The van der Waals surface area contributed by atoms with Gasteiger partial charge in [0.2, 0.25) is 0 Å². The van der Waals surface area contributed by atoms with Crippen molar-refractivity contribution in [1.82, 2.24) is 0 Å². The molecule has 2 rings (SSSR count). The van der Waals surface area contributed by atoms with Gasteiger partial charge in [-0.15, -0.1) is 0 Å². The van der Waals surface area contributed by atoms with E-state index in [1.165, 1.54) is 0 Å². The molecule has 4 atom stereocenters. The molecule has 0 aromatic carbocycles. The molecule has 0 saturated carbocycles. The molecule has 0 amide bonds. The molecule has 0 N–H and O–H groups in total. The fourth-order valence-electron chi connectivity index (χ4n) is 2.15. The van der Waals surface area contributed by atoms with Gasteiger partial charge in [0.15, 0.2) is 0 Å². The summed E-state index contributed by atoms with van der Waals surface area (Å²) in [6.45, 7) is 2.68. The van der Waals surface area contributed by atoms with E-state index in [1.54, 1.807) is 7.11 Å². The van der Waals surface area contributed by atoms with Crippen LogP contribution in [0.3, 0.4) is 0 Å². The van der Waals surface area contributed by atoms with Gasteiger partial charge in [-0.25, -0.2) is 0 Å². The van der Waals surface area contributed by atoms with Crippen molar-refractivity contribution in [3.05, 3.63) is 0 Å². The third-order valence-corrected chi connectivity index (χ3v) is 2.88. The van der Waals surface area contributed by atoms with Crippen LogP contribution in [0.4, 0.5) is 0 Å². The van der Waals surface area contributed by atoms with Crippen molar-refractivity contribution in [3.8, 4) is 0 Å². The Bertz CT molecular complexity index is 187. The van der Waals surface area contributed by atoms with Crippen LogP contribution in [0.15, 0.2) is 0 Å². The first-order chi connectivity index (χ1) is 5.73. The van der Waals surface area contributed by atoms with E-state index in [-0.39, 0.29) is 23.8 Å². The van der Waals surface area contributed by atoms with Crippen LogP contribution in [-0.2, 0) is 14.2 Å². The number of ether oxygens (including phenoxy) is 3. The lowest BCUT2D eigenvalue weighted by Gasteiger charge is -2.29. The van der Waals surface area contributed by atoms with Crippen LogP contribution in [0, 0.1) is 0 Å². The van der Waals surface area contributed by atoms with Crippen molar-refractivity contribution >= 4 is 7.85 Å². The summed E-state index contributed by atoms with van der Waals surface area (Å²) in [4.78, 5) is 0. The van der Waals surface area contributed by atoms with Gasteiger partial charge in [-0.3, -0.25) is 0 Å². The van der Waals surface area contributed by atoms with E-state index in [2.05, 4.69) is 6.92 Å². The molecule has 0 aromatic rings. The Hall–Kier alpha value is -0.0551. The largest absolute Gasteiger partial charge is 0.376 e. The number of hydrogen-bond donors (Lipinski definition) is 0. The second-order valence-electron chi connectivity index (χ2n) is 3.43. The monoisotopic (exact) mass is 168 g/mol. The summed E-state index contributed by atoms with van der Waals surface area (Å²) < 4.78 is 16.4. The van der Waals surface area contributed by atoms with E-state index < -0.39 is 0 Å². The molecule has 2 heterocycles. The molecule has 2 aliphatic heterocycles. The molecular weight excluding hydrogens is 155 g/mol. The zero-order chi connectivity index (χ0) is 8.77. The Morgan fingerprint density at radius 3 is 2.83 bits per heavy atom. The minimum absolute atomic E-state index is 0.0116. The molecule has 2 fully saturated rings. The van der Waals surface area contributed by atoms with Crippen LogP contribution >= 0.6 is 0 Å². The Balaban J connectivity index is 2.23. The Morgan fingerprint density at radius 2 is 2.42 bits per heavy atom. The van der Waals surface area contributed by atoms with Gasteiger partial charge in [0.25, 0.3) is 0 Å². The van der Waals surface area contributed by atoms with Crippen molar-refractivity contribution in [2.75, 3.05) is 13.7 Å². The molecular formula is C8H13BO3. The molecule has 2 saturated heterocycles. The molecule has 2 aliphatic rings. The fourth-order valence-corrected chi connectivity index (χ4v) is 2.15. The van der Waals surface area contributed by atoms with Crippen molar-refractivity contribution in [3.63, 3.8) is 0 Å². The van der Waals surface area contributed by atoms with Crippen molar-refractivity contribution < 1.29 is 14.2 Å². The predicted molar refractivity (Wildman–Crippen MR) is 44.2 cm³/mol. The molecule has 2 bridgehead atoms. The van der Waals surface area contributed by atoms with Crippen LogP contribution in [0.25, 0.3) is 0 Å². The van der Waals surface area contributed by atoms with Crippen LogP contribution in [0.2, 0.25) is 0 Å². The second-order valence-corrected chi connectivity index (χ2v) is 3.43. The van der Waals surface area contributed by atoms with Gasteiger partial charge in [0.1, 0.15) is 25.7 Å². The zero-order valence-corrected chi connectivity index (χ0v) is 7.45. The highest BCUT2D eigenvalue weighted by molar-refractivity contribution is 6.11. The first kappa shape index (κ1) is 8.54. The fraction of sp³-hybridized carbons (Fsp3) is 1.00. The minimum Gasteiger partial charge on any atom is -0.376 e. The maximum atomic E-state index is 5.72. The highest BCUT2D eigenvalue weighted by Gasteiger charge is 2.58. The Morgan fingerprint density at radius 1 is 1.67 bits per heavy atom. The van der Waals surface area contributed by atoms with Gasteiger partial charge >= 0.3 is 0 Å². The molecule has 4 heteroatoms. The molecule has 66 valence electrons.